The van der Waals surface area contributed by atoms with Crippen LogP contribution < -0.4 is 4.90 Å². The third-order valence-corrected chi connectivity index (χ3v) is 4.10. The van der Waals surface area contributed by atoms with Crippen molar-refractivity contribution in [2.45, 2.75) is 19.6 Å². The van der Waals surface area contributed by atoms with Crippen LogP contribution in [0.15, 0.2) is 48.6 Å². The standard InChI is InChI=1S/C16H16FN5S/c1-12(17)8-22(9-13-6-18-10-19-7-13)16-5-14(20-11-21-16)15-3-2-4-23-15/h2-7,10-12H,8-9H2,1H3. The molecule has 1 atom stereocenters. The van der Waals surface area contributed by atoms with E-state index in [1.165, 1.54) is 19.6 Å². The first-order valence-electron chi connectivity index (χ1n) is 7.21. The van der Waals surface area contributed by atoms with Gasteiger partial charge in [0.2, 0.25) is 0 Å². The Morgan fingerprint density at radius 2 is 2.04 bits per heavy atom. The number of nitrogens with zero attached hydrogens (tertiary/aromatic N) is 5. The number of thiophene rings is 1. The molecule has 0 fully saturated rings. The average molecular weight is 329 g/mol. The maximum Gasteiger partial charge on any atom is 0.132 e. The molecule has 0 amide bonds. The highest BCUT2D eigenvalue weighted by Gasteiger charge is 2.14. The summed E-state index contributed by atoms with van der Waals surface area (Å²) in [5, 5.41) is 2.00. The maximum absolute atomic E-state index is 13.6. The molecule has 0 aliphatic rings. The van der Waals surface area contributed by atoms with Gasteiger partial charge >= 0.3 is 0 Å². The number of hydrogen-bond acceptors (Lipinski definition) is 6. The minimum Gasteiger partial charge on any atom is -0.349 e. The first-order chi connectivity index (χ1) is 11.2. The SMILES string of the molecule is CC(F)CN(Cc1cncnc1)c1cc(-c2cccs2)ncn1. The smallest absolute Gasteiger partial charge is 0.132 e. The van der Waals surface area contributed by atoms with Crippen LogP contribution in [0.3, 0.4) is 0 Å². The van der Waals surface area contributed by atoms with Gasteiger partial charge in [0.25, 0.3) is 0 Å². The summed E-state index contributed by atoms with van der Waals surface area (Å²) in [7, 11) is 0. The van der Waals surface area contributed by atoms with Crippen molar-refractivity contribution in [3.05, 3.63) is 54.2 Å². The molecule has 0 spiro atoms. The molecule has 0 aliphatic heterocycles. The van der Waals surface area contributed by atoms with Gasteiger partial charge in [-0.1, -0.05) is 6.07 Å². The lowest BCUT2D eigenvalue weighted by Crippen LogP contribution is -2.29. The van der Waals surface area contributed by atoms with Gasteiger partial charge in [0.15, 0.2) is 0 Å². The van der Waals surface area contributed by atoms with E-state index in [1.54, 1.807) is 23.7 Å². The minimum atomic E-state index is -0.972. The zero-order valence-corrected chi connectivity index (χ0v) is 13.4. The van der Waals surface area contributed by atoms with Crippen molar-refractivity contribution in [1.29, 1.82) is 0 Å². The Labute approximate surface area is 137 Å². The van der Waals surface area contributed by atoms with Gasteiger partial charge in [-0.15, -0.1) is 11.3 Å². The van der Waals surface area contributed by atoms with Gasteiger partial charge in [-0.3, -0.25) is 0 Å². The molecule has 0 saturated carbocycles. The van der Waals surface area contributed by atoms with Crippen molar-refractivity contribution < 1.29 is 4.39 Å². The molecule has 0 bridgehead atoms. The van der Waals surface area contributed by atoms with Gasteiger partial charge < -0.3 is 4.90 Å². The summed E-state index contributed by atoms with van der Waals surface area (Å²) in [4.78, 5) is 19.6. The van der Waals surface area contributed by atoms with Gasteiger partial charge in [0.1, 0.15) is 24.6 Å². The van der Waals surface area contributed by atoms with Crippen LogP contribution in [0.4, 0.5) is 10.2 Å². The summed E-state index contributed by atoms with van der Waals surface area (Å²) >= 11 is 1.61. The van der Waals surface area contributed by atoms with Crippen LogP contribution in [0.2, 0.25) is 0 Å². The Kier molecular flexibility index (Phi) is 4.87. The molecule has 3 aromatic rings. The van der Waals surface area contributed by atoms with Gasteiger partial charge in [-0.2, -0.15) is 0 Å². The average Bonchev–Trinajstić information content (AvgIpc) is 3.09. The van der Waals surface area contributed by atoms with Crippen LogP contribution in [0.5, 0.6) is 0 Å². The highest BCUT2D eigenvalue weighted by atomic mass is 32.1. The van der Waals surface area contributed by atoms with E-state index in [9.17, 15) is 4.39 Å². The summed E-state index contributed by atoms with van der Waals surface area (Å²) < 4.78 is 13.6. The lowest BCUT2D eigenvalue weighted by Gasteiger charge is -2.24. The predicted molar refractivity (Wildman–Crippen MR) is 89.0 cm³/mol. The largest absolute Gasteiger partial charge is 0.349 e. The summed E-state index contributed by atoms with van der Waals surface area (Å²) in [5.41, 5.74) is 1.75. The monoisotopic (exact) mass is 329 g/mol. The lowest BCUT2D eigenvalue weighted by molar-refractivity contribution is 0.360. The molecule has 0 N–H and O–H groups in total. The lowest BCUT2D eigenvalue weighted by atomic mass is 10.2. The summed E-state index contributed by atoms with van der Waals surface area (Å²) in [5.74, 6) is 0.691. The number of alkyl halides is 1. The van der Waals surface area contributed by atoms with Gasteiger partial charge in [-0.05, 0) is 18.4 Å². The maximum atomic E-state index is 13.6. The van der Waals surface area contributed by atoms with E-state index in [2.05, 4.69) is 19.9 Å². The van der Waals surface area contributed by atoms with Crippen LogP contribution in [-0.2, 0) is 6.54 Å². The third kappa shape index (κ3) is 4.07. The Balaban J connectivity index is 1.88. The van der Waals surface area contributed by atoms with Gasteiger partial charge in [0.05, 0.1) is 17.1 Å². The molecule has 1 unspecified atom stereocenters. The molecule has 3 heterocycles. The molecular formula is C16H16FN5S. The normalized spacial score (nSPS) is 12.1. The molecule has 118 valence electrons. The Hall–Kier alpha value is -2.41. The second kappa shape index (κ2) is 7.23. The Morgan fingerprint density at radius 3 is 2.74 bits per heavy atom. The minimum absolute atomic E-state index is 0.246. The van der Waals surface area contributed by atoms with Crippen LogP contribution in [-0.4, -0.2) is 32.7 Å². The number of hydrogen-bond donors (Lipinski definition) is 0. The zero-order valence-electron chi connectivity index (χ0n) is 12.6. The molecule has 0 saturated heterocycles. The molecule has 3 rings (SSSR count). The Morgan fingerprint density at radius 1 is 1.22 bits per heavy atom. The number of aromatic nitrogens is 4. The molecule has 0 radical (unpaired) electrons. The number of halogens is 1. The number of anilines is 1. The van der Waals surface area contributed by atoms with Crippen molar-refractivity contribution in [3.8, 4) is 10.6 Å². The highest BCUT2D eigenvalue weighted by Crippen LogP contribution is 2.25. The van der Waals surface area contributed by atoms with E-state index in [4.69, 9.17) is 0 Å². The third-order valence-electron chi connectivity index (χ3n) is 3.21. The van der Waals surface area contributed by atoms with Gasteiger partial charge in [-0.25, -0.2) is 24.3 Å². The van der Waals surface area contributed by atoms with Crippen LogP contribution in [0.25, 0.3) is 10.6 Å². The zero-order chi connectivity index (χ0) is 16.1. The molecule has 7 heteroatoms. The molecule has 5 nitrogen and oxygen atoms in total. The quantitative estimate of drug-likeness (QED) is 0.694. The van der Waals surface area contributed by atoms with Crippen LogP contribution >= 0.6 is 11.3 Å². The van der Waals surface area contributed by atoms with E-state index in [1.807, 2.05) is 28.5 Å². The number of rotatable bonds is 6. The summed E-state index contributed by atoms with van der Waals surface area (Å²) in [6, 6.07) is 5.87. The van der Waals surface area contributed by atoms with Crippen molar-refractivity contribution in [2.24, 2.45) is 0 Å². The van der Waals surface area contributed by atoms with Crippen LogP contribution in [0, 0.1) is 0 Å². The Bertz CT molecular complexity index is 733. The topological polar surface area (TPSA) is 54.8 Å². The molecule has 3 aromatic heterocycles. The van der Waals surface area contributed by atoms with Crippen LogP contribution in [0.1, 0.15) is 12.5 Å². The molecular weight excluding hydrogens is 313 g/mol. The first-order valence-corrected chi connectivity index (χ1v) is 8.09. The molecule has 0 aromatic carbocycles. The summed E-state index contributed by atoms with van der Waals surface area (Å²) in [6.45, 7) is 2.28. The second-order valence-corrected chi connectivity index (χ2v) is 6.09. The molecule has 23 heavy (non-hydrogen) atoms. The van der Waals surface area contributed by atoms with Crippen molar-refractivity contribution >= 4 is 17.2 Å². The molecule has 0 aliphatic carbocycles. The van der Waals surface area contributed by atoms with Crippen molar-refractivity contribution in [2.75, 3.05) is 11.4 Å². The summed E-state index contributed by atoms with van der Waals surface area (Å²) in [6.07, 6.45) is 5.47. The first kappa shape index (κ1) is 15.5. The fourth-order valence-electron chi connectivity index (χ4n) is 2.25. The van der Waals surface area contributed by atoms with E-state index < -0.39 is 6.17 Å². The van der Waals surface area contributed by atoms with E-state index in [0.29, 0.717) is 12.4 Å². The fourth-order valence-corrected chi connectivity index (χ4v) is 2.95. The van der Waals surface area contributed by atoms with Crippen molar-refractivity contribution in [1.82, 2.24) is 19.9 Å². The predicted octanol–water partition coefficient (Wildman–Crippen LogP) is 3.36. The highest BCUT2D eigenvalue weighted by molar-refractivity contribution is 7.13. The van der Waals surface area contributed by atoms with E-state index in [0.717, 1.165) is 16.1 Å². The fraction of sp³-hybridized carbons (Fsp3) is 0.250. The van der Waals surface area contributed by atoms with E-state index in [-0.39, 0.29) is 6.54 Å². The van der Waals surface area contributed by atoms with Crippen molar-refractivity contribution in [3.63, 3.8) is 0 Å². The van der Waals surface area contributed by atoms with E-state index >= 15 is 0 Å². The van der Waals surface area contributed by atoms with Gasteiger partial charge in [0, 0.05) is 30.6 Å². The second-order valence-electron chi connectivity index (χ2n) is 5.15.